The monoisotopic (exact) mass is 761 g/mol. The summed E-state index contributed by atoms with van der Waals surface area (Å²) in [7, 11) is -4.27. The summed E-state index contributed by atoms with van der Waals surface area (Å²) >= 11 is 0. The number of hydrogen-bond acceptors (Lipinski definition) is 10. The van der Waals surface area contributed by atoms with Crippen molar-refractivity contribution in [1.82, 2.24) is 29.7 Å². The summed E-state index contributed by atoms with van der Waals surface area (Å²) in [6.07, 6.45) is 7.09. The molecule has 7 rings (SSSR count). The summed E-state index contributed by atoms with van der Waals surface area (Å²) in [5.74, 6) is 0.267. The Hall–Kier alpha value is -6.27. The van der Waals surface area contributed by atoms with Crippen molar-refractivity contribution < 1.29 is 12.6 Å². The molecule has 4 aromatic heterocycles. The van der Waals surface area contributed by atoms with Crippen molar-refractivity contribution in [3.05, 3.63) is 198 Å². The molecule has 0 spiro atoms. The standard InChI is InChI=1S/C45H43N7O3S/c1-34-14-20-44(21-15-34)56(53,54)55-45-37(28-51(30-40-10-2-6-22-47-40)31-41-11-3-7-23-48-41)26-36(35-16-18-39(46)19-17-35)27-38(45)29-52(32-42-12-4-8-24-49-42)33-43-13-5-9-25-50-43/h2-27H,28-33,46H2,1H3. The Morgan fingerprint density at radius 3 is 1.30 bits per heavy atom. The maximum Gasteiger partial charge on any atom is 0.339 e. The van der Waals surface area contributed by atoms with Crippen LogP contribution in [-0.2, 0) is 49.4 Å². The van der Waals surface area contributed by atoms with Crippen molar-refractivity contribution >= 4 is 15.8 Å². The molecule has 11 heteroatoms. The van der Waals surface area contributed by atoms with Gasteiger partial charge < -0.3 is 9.92 Å². The zero-order valence-electron chi connectivity index (χ0n) is 31.1. The number of hydrogen-bond donors (Lipinski definition) is 1. The van der Waals surface area contributed by atoms with Crippen LogP contribution in [0.15, 0.2) is 163 Å². The van der Waals surface area contributed by atoms with Crippen LogP contribution in [0.2, 0.25) is 0 Å². The SMILES string of the molecule is Cc1ccc(S(=O)(=O)Oc2c(CN(Cc3ccccn3)Cc3ccccn3)cc(-c3ccc(N)cc3)cc2CN(Cc2ccccn2)Cc2ccccn2)cc1. The summed E-state index contributed by atoms with van der Waals surface area (Å²) in [6, 6.07) is 41.7. The number of pyridine rings is 4. The van der Waals surface area contributed by atoms with Gasteiger partial charge in [0.25, 0.3) is 0 Å². The predicted octanol–water partition coefficient (Wildman–Crippen LogP) is 8.00. The topological polar surface area (TPSA) is 127 Å². The minimum Gasteiger partial charge on any atom is -0.399 e. The van der Waals surface area contributed by atoms with E-state index in [0.29, 0.717) is 56.1 Å². The second kappa shape index (κ2) is 17.9. The van der Waals surface area contributed by atoms with Gasteiger partial charge in [-0.25, -0.2) is 0 Å². The minimum absolute atomic E-state index is 0.0697. The Morgan fingerprint density at radius 1 is 0.518 bits per heavy atom. The number of aryl methyl sites for hydroxylation is 1. The first kappa shape index (κ1) is 38.0. The molecule has 282 valence electrons. The van der Waals surface area contributed by atoms with Gasteiger partial charge in [-0.1, -0.05) is 54.1 Å². The molecule has 0 atom stereocenters. The van der Waals surface area contributed by atoms with Gasteiger partial charge >= 0.3 is 10.1 Å². The lowest BCUT2D eigenvalue weighted by atomic mass is 9.97. The summed E-state index contributed by atoms with van der Waals surface area (Å²) in [5.41, 5.74) is 14.4. The number of benzene rings is 3. The van der Waals surface area contributed by atoms with Gasteiger partial charge in [0.1, 0.15) is 4.90 Å². The Balaban J connectivity index is 1.39. The first-order chi connectivity index (χ1) is 27.3. The van der Waals surface area contributed by atoms with E-state index in [9.17, 15) is 8.42 Å². The van der Waals surface area contributed by atoms with Crippen molar-refractivity contribution in [2.45, 2.75) is 51.1 Å². The number of nitrogens with two attached hydrogens (primary N) is 1. The van der Waals surface area contributed by atoms with E-state index < -0.39 is 10.1 Å². The number of nitrogens with zero attached hydrogens (tertiary/aromatic N) is 6. The molecule has 0 unspecified atom stereocenters. The van der Waals surface area contributed by atoms with Gasteiger partial charge in [0, 0.05) is 80.9 Å². The molecule has 0 aliphatic rings. The zero-order valence-corrected chi connectivity index (χ0v) is 32.0. The van der Waals surface area contributed by atoms with Crippen molar-refractivity contribution in [3.63, 3.8) is 0 Å². The quantitative estimate of drug-likeness (QED) is 0.0765. The van der Waals surface area contributed by atoms with Crippen LogP contribution in [0.4, 0.5) is 5.69 Å². The minimum atomic E-state index is -4.27. The molecule has 0 bridgehead atoms. The van der Waals surface area contributed by atoms with Crippen molar-refractivity contribution in [3.8, 4) is 16.9 Å². The lowest BCUT2D eigenvalue weighted by Gasteiger charge is -2.27. The Bertz CT molecular complexity index is 2230. The summed E-state index contributed by atoms with van der Waals surface area (Å²) in [6.45, 7) is 4.48. The Kier molecular flexibility index (Phi) is 12.2. The smallest absolute Gasteiger partial charge is 0.339 e. The molecule has 0 saturated carbocycles. The number of aromatic nitrogens is 4. The molecule has 3 aromatic carbocycles. The Morgan fingerprint density at radius 2 is 0.929 bits per heavy atom. The molecule has 0 aliphatic heterocycles. The molecular weight excluding hydrogens is 719 g/mol. The molecule has 7 aromatic rings. The van der Waals surface area contributed by atoms with E-state index in [1.165, 1.54) is 0 Å². The first-order valence-electron chi connectivity index (χ1n) is 18.3. The van der Waals surface area contributed by atoms with Gasteiger partial charge in [0.05, 0.1) is 22.8 Å². The fourth-order valence-corrected chi connectivity index (χ4v) is 7.50. The second-order valence-corrected chi connectivity index (χ2v) is 15.2. The van der Waals surface area contributed by atoms with Crippen LogP contribution in [0.3, 0.4) is 0 Å². The van der Waals surface area contributed by atoms with E-state index >= 15 is 0 Å². The molecular formula is C45H43N7O3S. The van der Waals surface area contributed by atoms with Crippen molar-refractivity contribution in [1.29, 1.82) is 0 Å². The van der Waals surface area contributed by atoms with Gasteiger partial charge in [-0.3, -0.25) is 29.7 Å². The van der Waals surface area contributed by atoms with E-state index in [1.807, 2.05) is 116 Å². The number of nitrogen functional groups attached to an aromatic ring is 1. The molecule has 4 heterocycles. The van der Waals surface area contributed by atoms with Crippen LogP contribution in [0, 0.1) is 6.92 Å². The van der Waals surface area contributed by atoms with Gasteiger partial charge in [-0.15, -0.1) is 0 Å². The molecule has 56 heavy (non-hydrogen) atoms. The highest BCUT2D eigenvalue weighted by molar-refractivity contribution is 7.87. The van der Waals surface area contributed by atoms with Gasteiger partial charge in [-0.05, 0) is 103 Å². The molecule has 0 aliphatic carbocycles. The second-order valence-electron chi connectivity index (χ2n) is 13.7. The molecule has 10 nitrogen and oxygen atoms in total. The van der Waals surface area contributed by atoms with Crippen LogP contribution in [0.25, 0.3) is 11.1 Å². The maximum absolute atomic E-state index is 14.2. The summed E-state index contributed by atoms with van der Waals surface area (Å²) in [5, 5.41) is 0. The van der Waals surface area contributed by atoms with E-state index in [2.05, 4.69) is 29.7 Å². The fourth-order valence-electron chi connectivity index (χ4n) is 6.50. The first-order valence-corrected chi connectivity index (χ1v) is 19.8. The van der Waals surface area contributed by atoms with E-state index in [4.69, 9.17) is 9.92 Å². The predicted molar refractivity (Wildman–Crippen MR) is 218 cm³/mol. The van der Waals surface area contributed by atoms with Crippen molar-refractivity contribution in [2.24, 2.45) is 0 Å². The molecule has 0 saturated heterocycles. The number of rotatable bonds is 16. The summed E-state index contributed by atoms with van der Waals surface area (Å²) < 4.78 is 34.8. The van der Waals surface area contributed by atoms with Gasteiger partial charge in [0.15, 0.2) is 5.75 Å². The average molecular weight is 762 g/mol. The summed E-state index contributed by atoms with van der Waals surface area (Å²) in [4.78, 5) is 22.9. The van der Waals surface area contributed by atoms with Crippen LogP contribution in [-0.4, -0.2) is 38.2 Å². The van der Waals surface area contributed by atoms with E-state index in [1.54, 1.807) is 49.1 Å². The molecule has 0 radical (unpaired) electrons. The zero-order chi connectivity index (χ0) is 38.7. The van der Waals surface area contributed by atoms with E-state index in [0.717, 1.165) is 39.5 Å². The lowest BCUT2D eigenvalue weighted by molar-refractivity contribution is 0.234. The van der Waals surface area contributed by atoms with Crippen molar-refractivity contribution in [2.75, 3.05) is 5.73 Å². The highest BCUT2D eigenvalue weighted by Gasteiger charge is 2.26. The maximum atomic E-state index is 14.2. The molecule has 0 fully saturated rings. The van der Waals surface area contributed by atoms with Gasteiger partial charge in [-0.2, -0.15) is 8.42 Å². The van der Waals surface area contributed by atoms with Crippen LogP contribution in [0.5, 0.6) is 5.75 Å². The molecule has 0 amide bonds. The molecule has 2 N–H and O–H groups in total. The number of anilines is 1. The largest absolute Gasteiger partial charge is 0.399 e. The van der Waals surface area contributed by atoms with E-state index in [-0.39, 0.29) is 10.6 Å². The third kappa shape index (κ3) is 10.3. The average Bonchev–Trinajstić information content (AvgIpc) is 3.21. The lowest BCUT2D eigenvalue weighted by Crippen LogP contribution is -2.26. The van der Waals surface area contributed by atoms with Crippen LogP contribution < -0.4 is 9.92 Å². The highest BCUT2D eigenvalue weighted by atomic mass is 32.2. The third-order valence-electron chi connectivity index (χ3n) is 9.22. The third-order valence-corrected chi connectivity index (χ3v) is 10.5. The fraction of sp³-hybridized carbons (Fsp3) is 0.156. The van der Waals surface area contributed by atoms with Crippen LogP contribution in [0.1, 0.15) is 39.5 Å². The highest BCUT2D eigenvalue weighted by Crippen LogP contribution is 2.36. The van der Waals surface area contributed by atoms with Crippen LogP contribution >= 0.6 is 0 Å². The normalized spacial score (nSPS) is 11.6. The Labute approximate surface area is 328 Å². The van der Waals surface area contributed by atoms with Gasteiger partial charge in [0.2, 0.25) is 0 Å².